The Morgan fingerprint density at radius 3 is 2.26 bits per heavy atom. The molecule has 170 valence electrons. The number of benzene rings is 1. The number of carboxylic acid groups (broad SMARTS) is 1. The Bertz CT molecular complexity index is 878. The maximum atomic E-state index is 13.8. The average molecular weight is 433 g/mol. The fourth-order valence-electron chi connectivity index (χ4n) is 5.18. The van der Waals surface area contributed by atoms with Gasteiger partial charge in [0, 0.05) is 18.7 Å². The predicted molar refractivity (Wildman–Crippen MR) is 115 cm³/mol. The van der Waals surface area contributed by atoms with E-state index in [1.165, 1.54) is 5.06 Å². The Morgan fingerprint density at radius 1 is 1.19 bits per heavy atom. The number of hydrogen-bond donors (Lipinski definition) is 1. The first-order chi connectivity index (χ1) is 14.7. The zero-order valence-electron chi connectivity index (χ0n) is 19.2. The first kappa shape index (κ1) is 23.2. The number of hydroxylamine groups is 4. The fourth-order valence-corrected chi connectivity index (χ4v) is 5.18. The third kappa shape index (κ3) is 4.07. The second kappa shape index (κ2) is 8.98. The summed E-state index contributed by atoms with van der Waals surface area (Å²) in [6, 6.07) is 4.07. The first-order valence-electron chi connectivity index (χ1n) is 10.6. The molecule has 8 heteroatoms. The summed E-state index contributed by atoms with van der Waals surface area (Å²) in [4.78, 5) is 36.5. The minimum absolute atomic E-state index is 0.251. The quantitative estimate of drug-likeness (QED) is 0.687. The first-order valence-corrected chi connectivity index (χ1v) is 10.6. The van der Waals surface area contributed by atoms with Crippen LogP contribution < -0.4 is 0 Å². The van der Waals surface area contributed by atoms with Crippen LogP contribution in [0.4, 0.5) is 4.79 Å². The van der Waals surface area contributed by atoms with E-state index >= 15 is 0 Å². The molecule has 3 rings (SSSR count). The standard InChI is InChI=1S/C23H32N2O6/c1-7-30-25-21(26)19(18-15(3)12-14(2)13-16(18)4)20(17(5)31-22(27)28)23(25)8-10-24(29-6)11-9-23/h12-13,17H,7-11H2,1-6H3,(H,27,28). The molecule has 0 saturated carbocycles. The fraction of sp³-hybridized carbons (Fsp3) is 0.565. The van der Waals surface area contributed by atoms with E-state index in [2.05, 4.69) is 0 Å². The van der Waals surface area contributed by atoms with Crippen molar-refractivity contribution in [1.82, 2.24) is 10.1 Å². The summed E-state index contributed by atoms with van der Waals surface area (Å²) in [6.45, 7) is 11.0. The summed E-state index contributed by atoms with van der Waals surface area (Å²) in [5.41, 5.74) is 4.21. The maximum absolute atomic E-state index is 13.8. The summed E-state index contributed by atoms with van der Waals surface area (Å²) in [7, 11) is 1.62. The highest BCUT2D eigenvalue weighted by Crippen LogP contribution is 2.49. The van der Waals surface area contributed by atoms with Gasteiger partial charge in [-0.15, -0.1) is 0 Å². The van der Waals surface area contributed by atoms with Crippen LogP contribution in [-0.4, -0.2) is 65.7 Å². The van der Waals surface area contributed by atoms with Crippen molar-refractivity contribution >= 4 is 17.6 Å². The van der Waals surface area contributed by atoms with Crippen molar-refractivity contribution in [3.63, 3.8) is 0 Å². The Morgan fingerprint density at radius 2 is 1.77 bits per heavy atom. The van der Waals surface area contributed by atoms with E-state index in [4.69, 9.17) is 14.4 Å². The molecule has 1 saturated heterocycles. The number of carbonyl (C=O) groups is 2. The monoisotopic (exact) mass is 432 g/mol. The van der Waals surface area contributed by atoms with Gasteiger partial charge in [-0.05, 0) is 64.2 Å². The summed E-state index contributed by atoms with van der Waals surface area (Å²) in [5, 5.41) is 12.6. The van der Waals surface area contributed by atoms with Crippen LogP contribution in [-0.2, 0) is 19.2 Å². The lowest BCUT2D eigenvalue weighted by Crippen LogP contribution is -2.56. The number of hydrogen-bond acceptors (Lipinski definition) is 6. The molecule has 1 N–H and O–H groups in total. The number of piperidine rings is 1. The number of nitrogens with zero attached hydrogens (tertiary/aromatic N) is 2. The van der Waals surface area contributed by atoms with E-state index in [0.29, 0.717) is 43.7 Å². The molecule has 1 amide bonds. The van der Waals surface area contributed by atoms with Gasteiger partial charge in [-0.25, -0.2) is 9.86 Å². The highest BCUT2D eigenvalue weighted by Gasteiger charge is 2.56. The van der Waals surface area contributed by atoms with Crippen molar-refractivity contribution in [3.8, 4) is 0 Å². The molecule has 1 spiro atoms. The number of rotatable bonds is 6. The van der Waals surface area contributed by atoms with Gasteiger partial charge in [0.2, 0.25) is 0 Å². The van der Waals surface area contributed by atoms with Crippen LogP contribution >= 0.6 is 0 Å². The Labute approximate surface area is 183 Å². The van der Waals surface area contributed by atoms with Crippen molar-refractivity contribution < 1.29 is 29.1 Å². The van der Waals surface area contributed by atoms with Crippen LogP contribution in [0.1, 0.15) is 48.9 Å². The zero-order chi connectivity index (χ0) is 22.9. The molecule has 0 radical (unpaired) electrons. The van der Waals surface area contributed by atoms with Gasteiger partial charge in [-0.1, -0.05) is 17.7 Å². The third-order valence-electron chi connectivity index (χ3n) is 6.23. The SMILES string of the molecule is CCON1C(=O)C(c2c(C)cc(C)cc2C)=C(C(C)OC(=O)O)C12CCN(OC)CC2. The molecule has 0 aliphatic carbocycles. The van der Waals surface area contributed by atoms with Gasteiger partial charge in [-0.2, -0.15) is 5.06 Å². The van der Waals surface area contributed by atoms with Crippen molar-refractivity contribution in [3.05, 3.63) is 40.0 Å². The minimum atomic E-state index is -1.37. The van der Waals surface area contributed by atoms with Crippen molar-refractivity contribution in [2.45, 2.75) is 59.1 Å². The smallest absolute Gasteiger partial charge is 0.450 e. The molecule has 0 bridgehead atoms. The van der Waals surface area contributed by atoms with Crippen molar-refractivity contribution in [1.29, 1.82) is 0 Å². The molecular formula is C23H32N2O6. The van der Waals surface area contributed by atoms with Crippen molar-refractivity contribution in [2.75, 3.05) is 26.8 Å². The van der Waals surface area contributed by atoms with E-state index in [9.17, 15) is 14.7 Å². The number of ether oxygens (including phenoxy) is 1. The van der Waals surface area contributed by atoms with E-state index in [0.717, 1.165) is 22.3 Å². The van der Waals surface area contributed by atoms with E-state index < -0.39 is 17.8 Å². The zero-order valence-corrected chi connectivity index (χ0v) is 19.2. The second-order valence-electron chi connectivity index (χ2n) is 8.25. The lowest BCUT2D eigenvalue weighted by molar-refractivity contribution is -0.227. The molecule has 2 aliphatic heterocycles. The lowest BCUT2D eigenvalue weighted by Gasteiger charge is -2.45. The molecule has 2 heterocycles. The van der Waals surface area contributed by atoms with Crippen molar-refractivity contribution in [2.24, 2.45) is 0 Å². The van der Waals surface area contributed by atoms with Gasteiger partial charge in [0.25, 0.3) is 5.91 Å². The van der Waals surface area contributed by atoms with Crippen LogP contribution in [0.3, 0.4) is 0 Å². The van der Waals surface area contributed by atoms with E-state index in [1.807, 2.05) is 44.9 Å². The van der Waals surface area contributed by atoms with Gasteiger partial charge in [0.15, 0.2) is 0 Å². The van der Waals surface area contributed by atoms with Gasteiger partial charge in [0.05, 0.1) is 24.8 Å². The Hall–Kier alpha value is -2.42. The molecule has 31 heavy (non-hydrogen) atoms. The van der Waals surface area contributed by atoms with Crippen LogP contribution in [0.5, 0.6) is 0 Å². The molecule has 1 aromatic carbocycles. The lowest BCUT2D eigenvalue weighted by atomic mass is 9.77. The molecule has 1 unspecified atom stereocenters. The van der Waals surface area contributed by atoms with Gasteiger partial charge in [-0.3, -0.25) is 9.63 Å². The van der Waals surface area contributed by atoms with Gasteiger partial charge in [0.1, 0.15) is 6.10 Å². The molecule has 8 nitrogen and oxygen atoms in total. The minimum Gasteiger partial charge on any atom is -0.450 e. The van der Waals surface area contributed by atoms with Gasteiger partial charge >= 0.3 is 6.16 Å². The molecule has 1 aromatic rings. The van der Waals surface area contributed by atoms with E-state index in [1.54, 1.807) is 14.0 Å². The average Bonchev–Trinajstić information content (AvgIpc) is 2.90. The number of carbonyl (C=O) groups excluding carboxylic acids is 1. The topological polar surface area (TPSA) is 88.5 Å². The Kier molecular flexibility index (Phi) is 6.73. The highest BCUT2D eigenvalue weighted by molar-refractivity contribution is 6.24. The summed E-state index contributed by atoms with van der Waals surface area (Å²) in [6.07, 6.45) is -1.09. The maximum Gasteiger partial charge on any atom is 0.506 e. The molecule has 1 fully saturated rings. The van der Waals surface area contributed by atoms with Crippen LogP contribution in [0.15, 0.2) is 17.7 Å². The highest BCUT2D eigenvalue weighted by atomic mass is 16.7. The number of aryl methyl sites for hydroxylation is 3. The largest absolute Gasteiger partial charge is 0.506 e. The summed E-state index contributed by atoms with van der Waals surface area (Å²) in [5.74, 6) is -0.251. The second-order valence-corrected chi connectivity index (χ2v) is 8.25. The van der Waals surface area contributed by atoms with Crippen LogP contribution in [0, 0.1) is 20.8 Å². The normalized spacial score (nSPS) is 19.9. The van der Waals surface area contributed by atoms with Crippen LogP contribution in [0.25, 0.3) is 5.57 Å². The van der Waals surface area contributed by atoms with Crippen LogP contribution in [0.2, 0.25) is 0 Å². The molecule has 0 aromatic heterocycles. The third-order valence-corrected chi connectivity index (χ3v) is 6.23. The Balaban J connectivity index is 2.27. The predicted octanol–water partition coefficient (Wildman–Crippen LogP) is 3.64. The summed E-state index contributed by atoms with van der Waals surface area (Å²) >= 11 is 0. The van der Waals surface area contributed by atoms with E-state index in [-0.39, 0.29) is 5.91 Å². The number of amides is 1. The summed E-state index contributed by atoms with van der Waals surface area (Å²) < 4.78 is 5.22. The molecule has 2 aliphatic rings. The molecule has 1 atom stereocenters. The molecular weight excluding hydrogens is 400 g/mol. The van der Waals surface area contributed by atoms with Gasteiger partial charge < -0.3 is 14.7 Å².